The summed E-state index contributed by atoms with van der Waals surface area (Å²) >= 11 is 0. The van der Waals surface area contributed by atoms with Gasteiger partial charge in [-0.1, -0.05) is 6.07 Å². The molecule has 0 atom stereocenters. The molecular formula is C15H15F2NO3. The molecule has 2 aromatic rings. The average molecular weight is 295 g/mol. The first-order valence-electron chi connectivity index (χ1n) is 6.36. The molecule has 0 saturated heterocycles. The van der Waals surface area contributed by atoms with E-state index in [9.17, 15) is 24.1 Å². The van der Waals surface area contributed by atoms with E-state index in [1.807, 2.05) is 0 Å². The lowest BCUT2D eigenvalue weighted by molar-refractivity contribution is 0.364. The molecule has 0 saturated carbocycles. The van der Waals surface area contributed by atoms with Gasteiger partial charge >= 0.3 is 0 Å². The average Bonchev–Trinajstić information content (AvgIpc) is 2.42. The fourth-order valence-electron chi connectivity index (χ4n) is 1.96. The fraction of sp³-hybridized carbons (Fsp3) is 0.200. The molecule has 4 N–H and O–H groups in total. The Morgan fingerprint density at radius 2 is 1.57 bits per heavy atom. The highest BCUT2D eigenvalue weighted by atomic mass is 19.1. The van der Waals surface area contributed by atoms with Gasteiger partial charge in [0.25, 0.3) is 0 Å². The van der Waals surface area contributed by atoms with Crippen LogP contribution in [0.4, 0.5) is 8.78 Å². The van der Waals surface area contributed by atoms with Crippen molar-refractivity contribution in [2.24, 2.45) is 0 Å². The van der Waals surface area contributed by atoms with Gasteiger partial charge in [0.15, 0.2) is 11.5 Å². The lowest BCUT2D eigenvalue weighted by atomic mass is 10.1. The van der Waals surface area contributed by atoms with Crippen molar-refractivity contribution in [3.05, 3.63) is 53.1 Å². The number of aromatic hydroxyl groups is 3. The van der Waals surface area contributed by atoms with Crippen molar-refractivity contribution in [2.75, 3.05) is 6.54 Å². The van der Waals surface area contributed by atoms with Crippen LogP contribution in [-0.4, -0.2) is 21.9 Å². The summed E-state index contributed by atoms with van der Waals surface area (Å²) in [6, 6.07) is 6.07. The number of halogens is 2. The van der Waals surface area contributed by atoms with Crippen LogP contribution in [0.5, 0.6) is 17.2 Å². The molecule has 0 amide bonds. The normalized spacial score (nSPS) is 10.8. The Bertz CT molecular complexity index is 627. The first-order chi connectivity index (χ1) is 9.97. The quantitative estimate of drug-likeness (QED) is 0.505. The second-order valence-corrected chi connectivity index (χ2v) is 4.65. The number of benzene rings is 2. The van der Waals surface area contributed by atoms with E-state index in [1.54, 1.807) is 0 Å². The summed E-state index contributed by atoms with van der Waals surface area (Å²) in [4.78, 5) is 0. The van der Waals surface area contributed by atoms with Gasteiger partial charge in [0, 0.05) is 18.2 Å². The molecule has 2 rings (SSSR count). The minimum Gasteiger partial charge on any atom is -0.504 e. The number of phenols is 3. The lowest BCUT2D eigenvalue weighted by Crippen LogP contribution is -2.16. The third-order valence-electron chi connectivity index (χ3n) is 3.04. The molecule has 112 valence electrons. The second kappa shape index (κ2) is 6.41. The first-order valence-corrected chi connectivity index (χ1v) is 6.36. The van der Waals surface area contributed by atoms with Gasteiger partial charge in [0.1, 0.15) is 11.6 Å². The van der Waals surface area contributed by atoms with Gasteiger partial charge in [-0.15, -0.1) is 0 Å². The van der Waals surface area contributed by atoms with E-state index < -0.39 is 23.1 Å². The Hall–Kier alpha value is -2.34. The van der Waals surface area contributed by atoms with Crippen LogP contribution in [0.2, 0.25) is 0 Å². The third kappa shape index (κ3) is 3.82. The van der Waals surface area contributed by atoms with Crippen LogP contribution in [0.3, 0.4) is 0 Å². The number of hydrogen-bond donors (Lipinski definition) is 4. The van der Waals surface area contributed by atoms with Crippen LogP contribution in [0.1, 0.15) is 11.1 Å². The van der Waals surface area contributed by atoms with Crippen LogP contribution < -0.4 is 5.32 Å². The van der Waals surface area contributed by atoms with Gasteiger partial charge in [-0.25, -0.2) is 8.78 Å². The smallest absolute Gasteiger partial charge is 0.200 e. The Morgan fingerprint density at radius 3 is 2.24 bits per heavy atom. The van der Waals surface area contributed by atoms with Crippen molar-refractivity contribution < 1.29 is 24.1 Å². The minimum atomic E-state index is -0.619. The predicted molar refractivity (Wildman–Crippen MR) is 73.2 cm³/mol. The van der Waals surface area contributed by atoms with Gasteiger partial charge in [-0.2, -0.15) is 0 Å². The van der Waals surface area contributed by atoms with Crippen molar-refractivity contribution >= 4 is 0 Å². The molecule has 0 aliphatic rings. The molecule has 0 aromatic heterocycles. The molecule has 0 spiro atoms. The molecule has 0 fully saturated rings. The van der Waals surface area contributed by atoms with E-state index in [1.165, 1.54) is 24.3 Å². The first kappa shape index (κ1) is 15.1. The van der Waals surface area contributed by atoms with Crippen molar-refractivity contribution in [1.82, 2.24) is 5.32 Å². The molecule has 0 bridgehead atoms. The van der Waals surface area contributed by atoms with Crippen molar-refractivity contribution in [2.45, 2.75) is 13.0 Å². The molecule has 0 heterocycles. The molecule has 0 radical (unpaired) electrons. The zero-order chi connectivity index (χ0) is 15.4. The van der Waals surface area contributed by atoms with E-state index in [2.05, 4.69) is 5.32 Å². The van der Waals surface area contributed by atoms with Crippen LogP contribution in [0.25, 0.3) is 0 Å². The van der Waals surface area contributed by atoms with E-state index in [4.69, 9.17) is 0 Å². The van der Waals surface area contributed by atoms with Crippen LogP contribution in [0, 0.1) is 11.6 Å². The fourth-order valence-corrected chi connectivity index (χ4v) is 1.96. The summed E-state index contributed by atoms with van der Waals surface area (Å²) in [6.07, 6.45) is 0.416. The van der Waals surface area contributed by atoms with Gasteiger partial charge in [-0.3, -0.25) is 0 Å². The maximum absolute atomic E-state index is 13.0. The van der Waals surface area contributed by atoms with E-state index in [0.29, 0.717) is 24.1 Å². The summed E-state index contributed by atoms with van der Waals surface area (Å²) in [5.41, 5.74) is 0.938. The van der Waals surface area contributed by atoms with Crippen LogP contribution in [0.15, 0.2) is 30.3 Å². The largest absolute Gasteiger partial charge is 0.504 e. The van der Waals surface area contributed by atoms with Crippen LogP contribution in [-0.2, 0) is 13.0 Å². The topological polar surface area (TPSA) is 72.7 Å². The van der Waals surface area contributed by atoms with Gasteiger partial charge in [-0.05, 0) is 36.7 Å². The molecule has 4 nitrogen and oxygen atoms in total. The van der Waals surface area contributed by atoms with Crippen molar-refractivity contribution in [1.29, 1.82) is 0 Å². The summed E-state index contributed by atoms with van der Waals surface area (Å²) in [6.45, 7) is 0.682. The maximum atomic E-state index is 13.0. The second-order valence-electron chi connectivity index (χ2n) is 4.65. The Balaban J connectivity index is 1.89. The van der Waals surface area contributed by atoms with Gasteiger partial charge in [0.2, 0.25) is 5.75 Å². The molecule has 0 aliphatic heterocycles. The predicted octanol–water partition coefficient (Wildman–Crippen LogP) is 2.41. The van der Waals surface area contributed by atoms with Crippen LogP contribution >= 0.6 is 0 Å². The zero-order valence-corrected chi connectivity index (χ0v) is 11.1. The summed E-state index contributed by atoms with van der Waals surface area (Å²) < 4.78 is 26.0. The number of phenolic OH excluding ortho intramolecular Hbond substituents is 3. The molecule has 2 aromatic carbocycles. The Kier molecular flexibility index (Phi) is 4.59. The standard InChI is InChI=1S/C15H15F2NO3/c16-11-5-9(6-12(17)7-11)3-4-18-8-10-1-2-13(19)15(21)14(10)20/h1-2,5-7,18-21H,3-4,8H2. The molecule has 21 heavy (non-hydrogen) atoms. The number of hydrogen-bond acceptors (Lipinski definition) is 4. The SMILES string of the molecule is Oc1ccc(CNCCc2cc(F)cc(F)c2)c(O)c1O. The highest BCUT2D eigenvalue weighted by molar-refractivity contribution is 5.52. The van der Waals surface area contributed by atoms with E-state index >= 15 is 0 Å². The zero-order valence-electron chi connectivity index (χ0n) is 11.1. The Morgan fingerprint density at radius 1 is 0.905 bits per heavy atom. The lowest BCUT2D eigenvalue weighted by Gasteiger charge is -2.09. The summed E-state index contributed by atoms with van der Waals surface area (Å²) in [5, 5.41) is 31.2. The monoisotopic (exact) mass is 295 g/mol. The van der Waals surface area contributed by atoms with Crippen molar-refractivity contribution in [3.8, 4) is 17.2 Å². The molecule has 0 aliphatic carbocycles. The summed E-state index contributed by atoms with van der Waals surface area (Å²) in [5.74, 6) is -2.59. The van der Waals surface area contributed by atoms with E-state index in [-0.39, 0.29) is 12.3 Å². The molecule has 6 heteroatoms. The molecular weight excluding hydrogens is 280 g/mol. The minimum absolute atomic E-state index is 0.247. The van der Waals surface area contributed by atoms with Gasteiger partial charge < -0.3 is 20.6 Å². The maximum Gasteiger partial charge on any atom is 0.200 e. The molecule has 0 unspecified atom stereocenters. The number of rotatable bonds is 5. The number of nitrogens with one attached hydrogen (secondary N) is 1. The highest BCUT2D eigenvalue weighted by Crippen LogP contribution is 2.36. The highest BCUT2D eigenvalue weighted by Gasteiger charge is 2.10. The summed E-state index contributed by atoms with van der Waals surface area (Å²) in [7, 11) is 0. The van der Waals surface area contributed by atoms with Gasteiger partial charge in [0.05, 0.1) is 0 Å². The van der Waals surface area contributed by atoms with E-state index in [0.717, 1.165) is 6.07 Å². The third-order valence-corrected chi connectivity index (χ3v) is 3.04. The Labute approximate surface area is 120 Å². The van der Waals surface area contributed by atoms with Crippen molar-refractivity contribution in [3.63, 3.8) is 0 Å².